The molecule has 8 nitrogen and oxygen atoms in total. The molecule has 0 saturated heterocycles. The third-order valence-electron chi connectivity index (χ3n) is 5.06. The molecule has 0 aromatic heterocycles. The molecule has 1 atom stereocenters. The summed E-state index contributed by atoms with van der Waals surface area (Å²) in [5.41, 5.74) is 3.38. The molecule has 0 bridgehead atoms. The van der Waals surface area contributed by atoms with Crippen LogP contribution in [0.15, 0.2) is 78.9 Å². The lowest BCUT2D eigenvalue weighted by Gasteiger charge is -2.22. The van der Waals surface area contributed by atoms with Gasteiger partial charge in [-0.15, -0.1) is 0 Å². The number of carboxylic acids is 1. The van der Waals surface area contributed by atoms with Crippen molar-refractivity contribution in [1.29, 1.82) is 0 Å². The number of carbonyl (C=O) groups is 3. The van der Waals surface area contributed by atoms with Gasteiger partial charge in [-0.25, -0.2) is 14.4 Å². The molecule has 0 heterocycles. The molecule has 3 N–H and O–H groups in total. The van der Waals surface area contributed by atoms with E-state index in [-0.39, 0.29) is 13.0 Å². The summed E-state index contributed by atoms with van der Waals surface area (Å²) in [6.45, 7) is 5.32. The zero-order valence-corrected chi connectivity index (χ0v) is 20.5. The number of amides is 2. The molecule has 2 amide bonds. The first-order valence-electron chi connectivity index (χ1n) is 11.5. The van der Waals surface area contributed by atoms with Crippen LogP contribution < -0.4 is 10.6 Å². The Balaban J connectivity index is 1.55. The van der Waals surface area contributed by atoms with Crippen molar-refractivity contribution in [1.82, 2.24) is 5.32 Å². The fourth-order valence-corrected chi connectivity index (χ4v) is 3.34. The Morgan fingerprint density at radius 2 is 1.39 bits per heavy atom. The highest BCUT2D eigenvalue weighted by atomic mass is 16.6. The van der Waals surface area contributed by atoms with Crippen molar-refractivity contribution in [3.05, 3.63) is 90.0 Å². The maximum atomic E-state index is 12.0. The Hall–Kier alpha value is -4.33. The van der Waals surface area contributed by atoms with Gasteiger partial charge < -0.3 is 19.9 Å². The van der Waals surface area contributed by atoms with Crippen molar-refractivity contribution < 1.29 is 29.0 Å². The number of hydrogen-bond donors (Lipinski definition) is 3. The van der Waals surface area contributed by atoms with Gasteiger partial charge in [0.2, 0.25) is 0 Å². The number of rotatable bonds is 8. The molecule has 0 aliphatic heterocycles. The van der Waals surface area contributed by atoms with E-state index in [0.29, 0.717) is 5.69 Å². The quantitative estimate of drug-likeness (QED) is 0.377. The highest BCUT2D eigenvalue weighted by molar-refractivity contribution is 5.85. The van der Waals surface area contributed by atoms with Crippen molar-refractivity contribution >= 4 is 23.8 Å². The van der Waals surface area contributed by atoms with Gasteiger partial charge >= 0.3 is 18.2 Å². The van der Waals surface area contributed by atoms with Crippen LogP contribution in [0, 0.1) is 0 Å². The van der Waals surface area contributed by atoms with E-state index in [1.165, 1.54) is 0 Å². The van der Waals surface area contributed by atoms with Gasteiger partial charge in [0.15, 0.2) is 0 Å². The lowest BCUT2D eigenvalue weighted by Crippen LogP contribution is -2.44. The number of carboxylic acid groups (broad SMARTS) is 1. The fraction of sp³-hybridized carbons (Fsp3) is 0.250. The van der Waals surface area contributed by atoms with Crippen LogP contribution in [0.5, 0.6) is 0 Å². The van der Waals surface area contributed by atoms with Gasteiger partial charge in [-0.2, -0.15) is 0 Å². The zero-order chi connectivity index (χ0) is 26.1. The molecule has 0 unspecified atom stereocenters. The fourth-order valence-electron chi connectivity index (χ4n) is 3.34. The van der Waals surface area contributed by atoms with E-state index in [1.54, 1.807) is 32.9 Å². The third-order valence-corrected chi connectivity index (χ3v) is 5.06. The molecule has 3 aromatic rings. The predicted octanol–water partition coefficient (Wildman–Crippen LogP) is 5.62. The topological polar surface area (TPSA) is 114 Å². The summed E-state index contributed by atoms with van der Waals surface area (Å²) < 4.78 is 10.4. The summed E-state index contributed by atoms with van der Waals surface area (Å²) in [5, 5.41) is 14.6. The van der Waals surface area contributed by atoms with Crippen molar-refractivity contribution in [2.45, 2.75) is 45.4 Å². The van der Waals surface area contributed by atoms with Crippen LogP contribution in [-0.2, 0) is 27.3 Å². The SMILES string of the molecule is CC(C)(C)OC(=O)N[C@H](Cc1ccc(-c2ccc(NC(=O)OCc3ccccc3)cc2)cc1)C(=O)O. The maximum Gasteiger partial charge on any atom is 0.411 e. The van der Waals surface area contributed by atoms with Crippen molar-refractivity contribution in [2.75, 3.05) is 5.32 Å². The van der Waals surface area contributed by atoms with Crippen LogP contribution >= 0.6 is 0 Å². The van der Waals surface area contributed by atoms with Gasteiger partial charge in [-0.05, 0) is 55.2 Å². The Bertz CT molecular complexity index is 1170. The Morgan fingerprint density at radius 3 is 1.94 bits per heavy atom. The largest absolute Gasteiger partial charge is 0.480 e. The smallest absolute Gasteiger partial charge is 0.411 e. The average molecular weight is 491 g/mol. The maximum absolute atomic E-state index is 12.0. The van der Waals surface area contributed by atoms with Crippen molar-refractivity contribution in [3.63, 3.8) is 0 Å². The summed E-state index contributed by atoms with van der Waals surface area (Å²) in [6, 6.07) is 23.0. The molecule has 36 heavy (non-hydrogen) atoms. The van der Waals surface area contributed by atoms with E-state index < -0.39 is 29.8 Å². The molecule has 188 valence electrons. The second kappa shape index (κ2) is 11.9. The minimum Gasteiger partial charge on any atom is -0.480 e. The van der Waals surface area contributed by atoms with E-state index in [1.807, 2.05) is 66.7 Å². The molecule has 0 aliphatic rings. The van der Waals surface area contributed by atoms with Crippen LogP contribution in [0.4, 0.5) is 15.3 Å². The first kappa shape index (κ1) is 26.3. The first-order chi connectivity index (χ1) is 17.1. The van der Waals surface area contributed by atoms with Gasteiger partial charge in [-0.1, -0.05) is 66.7 Å². The Kier molecular flexibility index (Phi) is 8.67. The average Bonchev–Trinajstić information content (AvgIpc) is 2.83. The molecule has 0 radical (unpaired) electrons. The second-order valence-electron chi connectivity index (χ2n) is 9.20. The van der Waals surface area contributed by atoms with Gasteiger partial charge in [0, 0.05) is 12.1 Å². The highest BCUT2D eigenvalue weighted by Crippen LogP contribution is 2.22. The number of aliphatic carboxylic acids is 1. The van der Waals surface area contributed by atoms with Crippen LogP contribution in [0.3, 0.4) is 0 Å². The van der Waals surface area contributed by atoms with Crippen LogP contribution in [0.1, 0.15) is 31.9 Å². The molecule has 8 heteroatoms. The Morgan fingerprint density at radius 1 is 0.806 bits per heavy atom. The standard InChI is InChI=1S/C28H30N2O6/c1-28(2,3)36-27(34)30-24(25(31)32)17-19-9-11-21(12-10-19)22-13-15-23(16-14-22)29-26(33)35-18-20-7-5-4-6-8-20/h4-16,24H,17-18H2,1-3H3,(H,29,33)(H,30,34)(H,31,32)/t24-/m1/s1. The lowest BCUT2D eigenvalue weighted by molar-refractivity contribution is -0.139. The first-order valence-corrected chi connectivity index (χ1v) is 11.5. The minimum absolute atomic E-state index is 0.114. The number of ether oxygens (including phenoxy) is 2. The number of nitrogens with one attached hydrogen (secondary N) is 2. The number of alkyl carbamates (subject to hydrolysis) is 1. The second-order valence-corrected chi connectivity index (χ2v) is 9.20. The lowest BCUT2D eigenvalue weighted by atomic mass is 10.0. The van der Waals surface area contributed by atoms with Crippen molar-refractivity contribution in [2.24, 2.45) is 0 Å². The minimum atomic E-state index is -1.14. The third kappa shape index (κ3) is 8.47. The zero-order valence-electron chi connectivity index (χ0n) is 20.5. The van der Waals surface area contributed by atoms with Gasteiger partial charge in [-0.3, -0.25) is 5.32 Å². The summed E-state index contributed by atoms with van der Waals surface area (Å²) in [5.74, 6) is -1.14. The van der Waals surface area contributed by atoms with Crippen LogP contribution in [0.25, 0.3) is 11.1 Å². The predicted molar refractivity (Wildman–Crippen MR) is 137 cm³/mol. The molecular formula is C28H30N2O6. The molecule has 3 rings (SSSR count). The molecular weight excluding hydrogens is 460 g/mol. The number of hydrogen-bond acceptors (Lipinski definition) is 5. The van der Waals surface area contributed by atoms with Crippen LogP contribution in [0.2, 0.25) is 0 Å². The van der Waals surface area contributed by atoms with Gasteiger partial charge in [0.1, 0.15) is 18.2 Å². The molecule has 0 fully saturated rings. The summed E-state index contributed by atoms with van der Waals surface area (Å²) in [6.07, 6.45) is -1.20. The molecule has 0 saturated carbocycles. The number of anilines is 1. The monoisotopic (exact) mass is 490 g/mol. The van der Waals surface area contributed by atoms with Gasteiger partial charge in [0.05, 0.1) is 0 Å². The van der Waals surface area contributed by atoms with E-state index in [4.69, 9.17) is 9.47 Å². The highest BCUT2D eigenvalue weighted by Gasteiger charge is 2.24. The van der Waals surface area contributed by atoms with Crippen LogP contribution in [-0.4, -0.2) is 34.9 Å². The van der Waals surface area contributed by atoms with E-state index >= 15 is 0 Å². The van der Waals surface area contributed by atoms with Gasteiger partial charge in [0.25, 0.3) is 0 Å². The summed E-state index contributed by atoms with van der Waals surface area (Å²) in [4.78, 5) is 35.6. The molecule has 0 aliphatic carbocycles. The Labute approximate surface area is 210 Å². The normalized spacial score (nSPS) is 11.8. The van der Waals surface area contributed by atoms with Crippen molar-refractivity contribution in [3.8, 4) is 11.1 Å². The van der Waals surface area contributed by atoms with E-state index in [2.05, 4.69) is 10.6 Å². The molecule has 0 spiro atoms. The summed E-state index contributed by atoms with van der Waals surface area (Å²) in [7, 11) is 0. The van der Waals surface area contributed by atoms with E-state index in [0.717, 1.165) is 22.3 Å². The number of benzene rings is 3. The number of carbonyl (C=O) groups excluding carboxylic acids is 2. The molecule has 3 aromatic carbocycles. The van der Waals surface area contributed by atoms with E-state index in [9.17, 15) is 19.5 Å². The summed E-state index contributed by atoms with van der Waals surface area (Å²) >= 11 is 0.